The predicted molar refractivity (Wildman–Crippen MR) is 109 cm³/mol. The number of nitrogens with one attached hydrogen (secondary N) is 2. The minimum Gasteiger partial charge on any atom is -0.506 e. The Labute approximate surface area is 173 Å². The molecule has 156 valence electrons. The molecule has 2 aromatic carbocycles. The number of halogens is 1. The topological polar surface area (TPSA) is 114 Å². The number of carbonyl (C=O) groups excluding carboxylic acids is 1. The Morgan fingerprint density at radius 2 is 1.97 bits per heavy atom. The van der Waals surface area contributed by atoms with E-state index in [0.29, 0.717) is 36.8 Å². The molecule has 0 aromatic heterocycles. The largest absolute Gasteiger partial charge is 0.506 e. The molecule has 1 fully saturated rings. The fraction of sp³-hybridized carbons (Fsp3) is 0.316. The van der Waals surface area contributed by atoms with Crippen molar-refractivity contribution in [3.8, 4) is 5.75 Å². The second-order valence-corrected chi connectivity index (χ2v) is 8.58. The summed E-state index contributed by atoms with van der Waals surface area (Å²) in [5, 5.41) is 12.8. The Bertz CT molecular complexity index is 976. The molecule has 3 N–H and O–H groups in total. The highest BCUT2D eigenvalue weighted by Gasteiger charge is 2.19. The SMILES string of the molecule is O=C(COC1CCOCC1)Nc1cc(S(=O)(=O)Nc2cccc(Cl)c2)ccc1O. The van der Waals surface area contributed by atoms with Crippen LogP contribution in [0.3, 0.4) is 0 Å². The third-order valence-electron chi connectivity index (χ3n) is 4.25. The van der Waals surface area contributed by atoms with Crippen molar-refractivity contribution in [2.24, 2.45) is 0 Å². The molecule has 0 atom stereocenters. The van der Waals surface area contributed by atoms with Gasteiger partial charge in [-0.15, -0.1) is 0 Å². The van der Waals surface area contributed by atoms with Gasteiger partial charge in [-0.2, -0.15) is 0 Å². The Hall–Kier alpha value is -2.33. The van der Waals surface area contributed by atoms with Crippen molar-refractivity contribution in [2.45, 2.75) is 23.8 Å². The highest BCUT2D eigenvalue weighted by molar-refractivity contribution is 7.92. The van der Waals surface area contributed by atoms with Crippen molar-refractivity contribution < 1.29 is 27.8 Å². The van der Waals surface area contributed by atoms with Crippen LogP contribution in [-0.2, 0) is 24.3 Å². The average molecular weight is 441 g/mol. The van der Waals surface area contributed by atoms with E-state index in [1.54, 1.807) is 18.2 Å². The molecular formula is C19H21ClN2O6S. The van der Waals surface area contributed by atoms with Gasteiger partial charge in [-0.05, 0) is 49.2 Å². The van der Waals surface area contributed by atoms with Gasteiger partial charge in [-0.1, -0.05) is 17.7 Å². The number of hydrogen-bond acceptors (Lipinski definition) is 6. The molecule has 8 nitrogen and oxygen atoms in total. The molecule has 10 heteroatoms. The zero-order valence-corrected chi connectivity index (χ0v) is 17.0. The Morgan fingerprint density at radius 3 is 2.69 bits per heavy atom. The van der Waals surface area contributed by atoms with Crippen LogP contribution in [0, 0.1) is 0 Å². The van der Waals surface area contributed by atoms with E-state index >= 15 is 0 Å². The molecular weight excluding hydrogens is 420 g/mol. The zero-order valence-electron chi connectivity index (χ0n) is 15.4. The lowest BCUT2D eigenvalue weighted by molar-refractivity contribution is -0.124. The van der Waals surface area contributed by atoms with Gasteiger partial charge in [0.15, 0.2) is 0 Å². The maximum atomic E-state index is 12.6. The number of hydrogen-bond donors (Lipinski definition) is 3. The summed E-state index contributed by atoms with van der Waals surface area (Å²) >= 11 is 5.87. The van der Waals surface area contributed by atoms with Crippen molar-refractivity contribution in [2.75, 3.05) is 29.9 Å². The van der Waals surface area contributed by atoms with Gasteiger partial charge < -0.3 is 19.9 Å². The fourth-order valence-corrected chi connectivity index (χ4v) is 4.04. The van der Waals surface area contributed by atoms with Gasteiger partial charge in [-0.25, -0.2) is 8.42 Å². The standard InChI is InChI=1S/C19H21ClN2O6S/c20-13-2-1-3-14(10-13)22-29(25,26)16-4-5-18(23)17(11-16)21-19(24)12-28-15-6-8-27-9-7-15/h1-5,10-11,15,22-23H,6-9,12H2,(H,21,24). The molecule has 1 heterocycles. The third kappa shape index (κ3) is 6.07. The zero-order chi connectivity index (χ0) is 20.9. The monoisotopic (exact) mass is 440 g/mol. The lowest BCUT2D eigenvalue weighted by Crippen LogP contribution is -2.28. The summed E-state index contributed by atoms with van der Waals surface area (Å²) in [6.45, 7) is 0.973. The number of amides is 1. The number of sulfonamides is 1. The van der Waals surface area contributed by atoms with Gasteiger partial charge >= 0.3 is 0 Å². The number of rotatable bonds is 7. The molecule has 1 aliphatic heterocycles. The van der Waals surface area contributed by atoms with Gasteiger partial charge in [0.1, 0.15) is 12.4 Å². The first-order chi connectivity index (χ1) is 13.8. The normalized spacial score (nSPS) is 15.1. The van der Waals surface area contributed by atoms with Crippen LogP contribution in [0.1, 0.15) is 12.8 Å². The third-order valence-corrected chi connectivity index (χ3v) is 5.86. The molecule has 0 saturated carbocycles. The number of aromatic hydroxyl groups is 1. The van der Waals surface area contributed by atoms with E-state index in [9.17, 15) is 18.3 Å². The summed E-state index contributed by atoms with van der Waals surface area (Å²) in [4.78, 5) is 12.0. The Kier molecular flexibility index (Phi) is 6.96. The molecule has 0 spiro atoms. The number of phenolic OH excluding ortho intramolecular Hbond substituents is 1. The fourth-order valence-electron chi connectivity index (χ4n) is 2.77. The smallest absolute Gasteiger partial charge is 0.261 e. The summed E-state index contributed by atoms with van der Waals surface area (Å²) in [5.41, 5.74) is 0.264. The van der Waals surface area contributed by atoms with Gasteiger partial charge in [-0.3, -0.25) is 9.52 Å². The lowest BCUT2D eigenvalue weighted by Gasteiger charge is -2.22. The van der Waals surface area contributed by atoms with E-state index in [1.165, 1.54) is 24.3 Å². The second kappa shape index (κ2) is 9.45. The predicted octanol–water partition coefficient (Wildman–Crippen LogP) is 2.98. The first kappa shape index (κ1) is 21.4. The Morgan fingerprint density at radius 1 is 1.21 bits per heavy atom. The van der Waals surface area contributed by atoms with E-state index in [2.05, 4.69) is 10.0 Å². The quantitative estimate of drug-likeness (QED) is 0.570. The molecule has 1 aliphatic rings. The van der Waals surface area contributed by atoms with Crippen LogP contribution in [0.2, 0.25) is 5.02 Å². The number of benzene rings is 2. The lowest BCUT2D eigenvalue weighted by atomic mass is 10.1. The van der Waals surface area contributed by atoms with Crippen LogP contribution in [-0.4, -0.2) is 45.4 Å². The summed E-state index contributed by atoms with van der Waals surface area (Å²) in [5.74, 6) is -0.754. The average Bonchev–Trinajstić information content (AvgIpc) is 2.68. The minimum absolute atomic E-state index is 0.0282. The maximum Gasteiger partial charge on any atom is 0.261 e. The van der Waals surface area contributed by atoms with Gasteiger partial charge in [0, 0.05) is 18.2 Å². The van der Waals surface area contributed by atoms with Crippen molar-refractivity contribution in [1.82, 2.24) is 0 Å². The van der Waals surface area contributed by atoms with E-state index in [4.69, 9.17) is 21.1 Å². The molecule has 3 rings (SSSR count). The van der Waals surface area contributed by atoms with Gasteiger partial charge in [0.25, 0.3) is 10.0 Å². The van der Waals surface area contributed by atoms with E-state index < -0.39 is 15.9 Å². The molecule has 1 amide bonds. The number of anilines is 2. The summed E-state index contributed by atoms with van der Waals surface area (Å²) in [6.07, 6.45) is 1.36. The van der Waals surface area contributed by atoms with E-state index in [0.717, 1.165) is 0 Å². The number of ether oxygens (including phenoxy) is 2. The summed E-state index contributed by atoms with van der Waals surface area (Å²) in [6, 6.07) is 9.86. The molecule has 2 aromatic rings. The van der Waals surface area contributed by atoms with Crippen LogP contribution in [0.4, 0.5) is 11.4 Å². The van der Waals surface area contributed by atoms with Crippen LogP contribution in [0.5, 0.6) is 5.75 Å². The van der Waals surface area contributed by atoms with Crippen molar-refractivity contribution in [3.63, 3.8) is 0 Å². The number of carbonyl (C=O) groups is 1. The molecule has 1 saturated heterocycles. The van der Waals surface area contributed by atoms with Crippen molar-refractivity contribution in [3.05, 3.63) is 47.5 Å². The second-order valence-electron chi connectivity index (χ2n) is 6.47. The van der Waals surface area contributed by atoms with Crippen LogP contribution < -0.4 is 10.0 Å². The summed E-state index contributed by atoms with van der Waals surface area (Å²) < 4.78 is 38.4. The first-order valence-corrected chi connectivity index (χ1v) is 10.8. The number of phenols is 1. The highest BCUT2D eigenvalue weighted by Crippen LogP contribution is 2.28. The minimum atomic E-state index is -3.95. The first-order valence-electron chi connectivity index (χ1n) is 8.94. The van der Waals surface area contributed by atoms with Gasteiger partial charge in [0.2, 0.25) is 5.91 Å². The molecule has 0 bridgehead atoms. The Balaban J connectivity index is 1.67. The molecule has 0 radical (unpaired) electrons. The van der Waals surface area contributed by atoms with E-state index in [1.807, 2.05) is 0 Å². The van der Waals surface area contributed by atoms with Gasteiger partial charge in [0.05, 0.1) is 22.4 Å². The van der Waals surface area contributed by atoms with Crippen molar-refractivity contribution in [1.29, 1.82) is 0 Å². The van der Waals surface area contributed by atoms with E-state index in [-0.39, 0.29) is 29.0 Å². The van der Waals surface area contributed by atoms with Crippen LogP contribution in [0.25, 0.3) is 0 Å². The highest BCUT2D eigenvalue weighted by atomic mass is 35.5. The van der Waals surface area contributed by atoms with Crippen LogP contribution in [0.15, 0.2) is 47.4 Å². The molecule has 0 aliphatic carbocycles. The maximum absolute atomic E-state index is 12.6. The van der Waals surface area contributed by atoms with Crippen LogP contribution >= 0.6 is 11.6 Å². The molecule has 29 heavy (non-hydrogen) atoms. The summed E-state index contributed by atoms with van der Waals surface area (Å²) in [7, 11) is -3.95. The van der Waals surface area contributed by atoms with Crippen molar-refractivity contribution >= 4 is 38.9 Å². The molecule has 0 unspecified atom stereocenters.